The van der Waals surface area contributed by atoms with Crippen molar-refractivity contribution in [2.75, 3.05) is 27.9 Å². The van der Waals surface area contributed by atoms with Gasteiger partial charge in [-0.2, -0.15) is 0 Å². The minimum atomic E-state index is -0.627. The molecule has 2 atom stereocenters. The molecule has 1 saturated heterocycles. The number of nitrogens with one attached hydrogen (secondary N) is 1. The minimum absolute atomic E-state index is 0.0412. The Labute approximate surface area is 126 Å². The highest BCUT2D eigenvalue weighted by molar-refractivity contribution is 5.51. The van der Waals surface area contributed by atoms with Crippen LogP contribution >= 0.6 is 0 Å². The van der Waals surface area contributed by atoms with E-state index in [0.717, 1.165) is 31.4 Å². The molecule has 2 rings (SSSR count). The van der Waals surface area contributed by atoms with Crippen LogP contribution in [0.25, 0.3) is 0 Å². The molecule has 0 aromatic heterocycles. The van der Waals surface area contributed by atoms with Gasteiger partial charge in [0.25, 0.3) is 0 Å². The van der Waals surface area contributed by atoms with E-state index in [2.05, 4.69) is 5.32 Å². The summed E-state index contributed by atoms with van der Waals surface area (Å²) >= 11 is 0. The molecule has 21 heavy (non-hydrogen) atoms. The van der Waals surface area contributed by atoms with E-state index in [0.29, 0.717) is 17.2 Å². The van der Waals surface area contributed by atoms with E-state index in [1.165, 1.54) is 6.42 Å². The molecule has 0 radical (unpaired) electrons. The van der Waals surface area contributed by atoms with Crippen LogP contribution < -0.4 is 19.5 Å². The fourth-order valence-corrected chi connectivity index (χ4v) is 2.83. The van der Waals surface area contributed by atoms with Crippen molar-refractivity contribution in [2.24, 2.45) is 0 Å². The molecule has 1 fully saturated rings. The summed E-state index contributed by atoms with van der Waals surface area (Å²) in [5.41, 5.74) is 0.731. The Morgan fingerprint density at radius 2 is 1.67 bits per heavy atom. The Bertz CT molecular complexity index is 456. The molecule has 5 nitrogen and oxygen atoms in total. The smallest absolute Gasteiger partial charge is 0.164 e. The summed E-state index contributed by atoms with van der Waals surface area (Å²) in [6, 6.07) is 3.60. The van der Waals surface area contributed by atoms with Crippen LogP contribution in [0.3, 0.4) is 0 Å². The van der Waals surface area contributed by atoms with Gasteiger partial charge in [0.1, 0.15) is 5.75 Å². The number of methoxy groups -OCH3 is 3. The van der Waals surface area contributed by atoms with Crippen LogP contribution in [-0.2, 0) is 0 Å². The first-order valence-corrected chi connectivity index (χ1v) is 7.42. The lowest BCUT2D eigenvalue weighted by Crippen LogP contribution is -2.34. The first-order valence-electron chi connectivity index (χ1n) is 7.42. The van der Waals surface area contributed by atoms with Gasteiger partial charge in [-0.1, -0.05) is 12.8 Å². The highest BCUT2D eigenvalue weighted by Gasteiger charge is 2.26. The normalized spacial score (nSPS) is 20.5. The molecule has 0 bridgehead atoms. The summed E-state index contributed by atoms with van der Waals surface area (Å²) in [5, 5.41) is 14.1. The number of aliphatic hydroxyl groups is 1. The molecular formula is C16H25NO4. The van der Waals surface area contributed by atoms with Crippen LogP contribution in [0.15, 0.2) is 12.1 Å². The van der Waals surface area contributed by atoms with Gasteiger partial charge in [-0.05, 0) is 25.5 Å². The van der Waals surface area contributed by atoms with Gasteiger partial charge in [0.05, 0.1) is 27.4 Å². The Morgan fingerprint density at radius 3 is 2.33 bits per heavy atom. The van der Waals surface area contributed by atoms with Crippen LogP contribution in [0.2, 0.25) is 0 Å². The topological polar surface area (TPSA) is 60.0 Å². The van der Waals surface area contributed by atoms with E-state index in [1.807, 2.05) is 0 Å². The maximum absolute atomic E-state index is 10.7. The molecule has 1 aliphatic rings. The van der Waals surface area contributed by atoms with Crippen molar-refractivity contribution in [1.29, 1.82) is 0 Å². The first kappa shape index (κ1) is 15.9. The van der Waals surface area contributed by atoms with Gasteiger partial charge in [0.2, 0.25) is 0 Å². The number of benzene rings is 1. The van der Waals surface area contributed by atoms with Crippen molar-refractivity contribution in [3.05, 3.63) is 17.7 Å². The summed E-state index contributed by atoms with van der Waals surface area (Å²) in [6.45, 7) is 0.942. The second kappa shape index (κ2) is 7.52. The number of rotatable bonds is 5. The lowest BCUT2D eigenvalue weighted by molar-refractivity contribution is 0.122. The molecule has 2 N–H and O–H groups in total. The molecule has 0 amide bonds. The minimum Gasteiger partial charge on any atom is -0.496 e. The molecule has 118 valence electrons. The second-order valence-electron chi connectivity index (χ2n) is 5.30. The molecule has 0 aliphatic carbocycles. The third-order valence-corrected chi connectivity index (χ3v) is 4.03. The van der Waals surface area contributed by atoms with E-state index in [9.17, 15) is 5.11 Å². The fourth-order valence-electron chi connectivity index (χ4n) is 2.83. The van der Waals surface area contributed by atoms with Gasteiger partial charge in [-0.15, -0.1) is 0 Å². The van der Waals surface area contributed by atoms with E-state index in [-0.39, 0.29) is 6.04 Å². The van der Waals surface area contributed by atoms with Crippen LogP contribution in [0, 0.1) is 0 Å². The molecular weight excluding hydrogens is 270 g/mol. The Hall–Kier alpha value is -1.46. The molecule has 0 spiro atoms. The van der Waals surface area contributed by atoms with Crippen molar-refractivity contribution >= 4 is 0 Å². The number of hydrogen-bond acceptors (Lipinski definition) is 5. The van der Waals surface area contributed by atoms with Crippen molar-refractivity contribution in [3.63, 3.8) is 0 Å². The Balaban J connectivity index is 2.31. The van der Waals surface area contributed by atoms with E-state index in [1.54, 1.807) is 33.5 Å². The van der Waals surface area contributed by atoms with Gasteiger partial charge in [0, 0.05) is 17.7 Å². The third kappa shape index (κ3) is 3.60. The predicted molar refractivity (Wildman–Crippen MR) is 81.3 cm³/mol. The van der Waals surface area contributed by atoms with Crippen LogP contribution in [-0.4, -0.2) is 39.0 Å². The zero-order valence-electron chi connectivity index (χ0n) is 13.0. The molecule has 1 heterocycles. The van der Waals surface area contributed by atoms with E-state index >= 15 is 0 Å². The standard InChI is InChI=1S/C16H25NO4/c1-19-13-10-15(21-3)14(20-2)9-11(13)16(18)12-7-5-4-6-8-17-12/h9-10,12,16-18H,4-8H2,1-3H3. The van der Waals surface area contributed by atoms with Crippen molar-refractivity contribution in [1.82, 2.24) is 5.32 Å². The maximum atomic E-state index is 10.7. The summed E-state index contributed by atoms with van der Waals surface area (Å²) in [4.78, 5) is 0. The highest BCUT2D eigenvalue weighted by Crippen LogP contribution is 2.39. The number of aliphatic hydroxyl groups excluding tert-OH is 1. The average Bonchev–Trinajstić information content (AvgIpc) is 2.82. The Morgan fingerprint density at radius 1 is 1.00 bits per heavy atom. The molecule has 1 aromatic rings. The van der Waals surface area contributed by atoms with Crippen molar-refractivity contribution in [2.45, 2.75) is 37.8 Å². The van der Waals surface area contributed by atoms with Gasteiger partial charge in [0.15, 0.2) is 11.5 Å². The van der Waals surface area contributed by atoms with Crippen molar-refractivity contribution < 1.29 is 19.3 Å². The monoisotopic (exact) mass is 295 g/mol. The summed E-state index contributed by atoms with van der Waals surface area (Å²) in [5.74, 6) is 1.81. The zero-order valence-corrected chi connectivity index (χ0v) is 13.0. The number of hydrogen-bond donors (Lipinski definition) is 2. The van der Waals surface area contributed by atoms with Crippen LogP contribution in [0.1, 0.15) is 37.4 Å². The predicted octanol–water partition coefficient (Wildman–Crippen LogP) is 2.28. The lowest BCUT2D eigenvalue weighted by atomic mass is 9.97. The van der Waals surface area contributed by atoms with Crippen LogP contribution in [0.5, 0.6) is 17.2 Å². The quantitative estimate of drug-likeness (QED) is 0.872. The van der Waals surface area contributed by atoms with Gasteiger partial charge < -0.3 is 24.6 Å². The number of ether oxygens (including phenoxy) is 3. The maximum Gasteiger partial charge on any atom is 0.164 e. The molecule has 1 aliphatic heterocycles. The molecule has 2 unspecified atom stereocenters. The fraction of sp³-hybridized carbons (Fsp3) is 0.625. The van der Waals surface area contributed by atoms with E-state index < -0.39 is 6.10 Å². The largest absolute Gasteiger partial charge is 0.496 e. The summed E-state index contributed by atoms with van der Waals surface area (Å²) in [7, 11) is 4.77. The molecule has 1 aromatic carbocycles. The average molecular weight is 295 g/mol. The second-order valence-corrected chi connectivity index (χ2v) is 5.30. The third-order valence-electron chi connectivity index (χ3n) is 4.03. The molecule has 0 saturated carbocycles. The van der Waals surface area contributed by atoms with Gasteiger partial charge in [-0.3, -0.25) is 0 Å². The molecule has 5 heteroatoms. The summed E-state index contributed by atoms with van der Waals surface area (Å²) < 4.78 is 16.0. The van der Waals surface area contributed by atoms with Crippen LogP contribution in [0.4, 0.5) is 0 Å². The Kier molecular flexibility index (Phi) is 5.70. The van der Waals surface area contributed by atoms with Gasteiger partial charge >= 0.3 is 0 Å². The highest BCUT2D eigenvalue weighted by atomic mass is 16.5. The lowest BCUT2D eigenvalue weighted by Gasteiger charge is -2.25. The first-order chi connectivity index (χ1) is 10.2. The van der Waals surface area contributed by atoms with Crippen molar-refractivity contribution in [3.8, 4) is 17.2 Å². The van der Waals surface area contributed by atoms with E-state index in [4.69, 9.17) is 14.2 Å². The summed E-state index contributed by atoms with van der Waals surface area (Å²) in [6.07, 6.45) is 3.83. The SMILES string of the molecule is COc1cc(OC)c(C(O)C2CCCCCN2)cc1OC. The zero-order chi connectivity index (χ0) is 15.2. The van der Waals surface area contributed by atoms with Gasteiger partial charge in [-0.25, -0.2) is 0 Å².